The monoisotopic (exact) mass is 299 g/mol. The van der Waals surface area contributed by atoms with Crippen molar-refractivity contribution in [2.45, 2.75) is 6.54 Å². The highest BCUT2D eigenvalue weighted by Gasteiger charge is 2.11. The van der Waals surface area contributed by atoms with Crippen LogP contribution in [0.5, 0.6) is 0 Å². The normalized spacial score (nSPS) is 10.6. The summed E-state index contributed by atoms with van der Waals surface area (Å²) in [5, 5.41) is 4.69. The standard InChI is InChI=1S/C16H14ClN3O/c1-20(14-5-3-2-4-6-14)11-15-18-16(19-21-15)12-7-9-13(17)10-8-12/h2-10H,11H2,1H3. The quantitative estimate of drug-likeness (QED) is 0.729. The minimum absolute atomic E-state index is 0.560. The molecule has 0 aliphatic heterocycles. The lowest BCUT2D eigenvalue weighted by atomic mass is 10.2. The molecule has 3 rings (SSSR count). The minimum atomic E-state index is 0.560. The van der Waals surface area contributed by atoms with E-state index in [-0.39, 0.29) is 0 Å². The molecule has 0 fully saturated rings. The average molecular weight is 300 g/mol. The lowest BCUT2D eigenvalue weighted by Gasteiger charge is -2.16. The zero-order valence-corrected chi connectivity index (χ0v) is 12.3. The average Bonchev–Trinajstić information content (AvgIpc) is 2.97. The fraction of sp³-hybridized carbons (Fsp3) is 0.125. The number of benzene rings is 2. The van der Waals surface area contributed by atoms with E-state index in [0.717, 1.165) is 11.3 Å². The zero-order chi connectivity index (χ0) is 14.7. The van der Waals surface area contributed by atoms with Gasteiger partial charge in [-0.3, -0.25) is 0 Å². The summed E-state index contributed by atoms with van der Waals surface area (Å²) in [6.07, 6.45) is 0. The van der Waals surface area contributed by atoms with Crippen LogP contribution in [0, 0.1) is 0 Å². The highest BCUT2D eigenvalue weighted by atomic mass is 35.5. The summed E-state index contributed by atoms with van der Waals surface area (Å²) in [5.41, 5.74) is 1.99. The van der Waals surface area contributed by atoms with E-state index < -0.39 is 0 Å². The van der Waals surface area contributed by atoms with Gasteiger partial charge in [-0.2, -0.15) is 4.98 Å². The Morgan fingerprint density at radius 2 is 1.76 bits per heavy atom. The van der Waals surface area contributed by atoms with Crippen LogP contribution in [0.15, 0.2) is 59.1 Å². The van der Waals surface area contributed by atoms with Crippen LogP contribution in [0.4, 0.5) is 5.69 Å². The van der Waals surface area contributed by atoms with Gasteiger partial charge in [0.25, 0.3) is 0 Å². The van der Waals surface area contributed by atoms with Gasteiger partial charge < -0.3 is 9.42 Å². The molecule has 0 unspecified atom stereocenters. The van der Waals surface area contributed by atoms with Crippen molar-refractivity contribution in [2.24, 2.45) is 0 Å². The number of nitrogens with zero attached hydrogens (tertiary/aromatic N) is 3. The fourth-order valence-electron chi connectivity index (χ4n) is 2.01. The maximum absolute atomic E-state index is 5.87. The summed E-state index contributed by atoms with van der Waals surface area (Å²) in [7, 11) is 1.99. The first-order chi connectivity index (χ1) is 10.2. The van der Waals surface area contributed by atoms with Crippen molar-refractivity contribution < 1.29 is 4.52 Å². The molecule has 106 valence electrons. The lowest BCUT2D eigenvalue weighted by Crippen LogP contribution is -2.16. The Hall–Kier alpha value is -2.33. The molecule has 0 amide bonds. The molecular weight excluding hydrogens is 286 g/mol. The Kier molecular flexibility index (Phi) is 3.88. The molecule has 2 aromatic carbocycles. The van der Waals surface area contributed by atoms with Gasteiger partial charge >= 0.3 is 0 Å². The highest BCUT2D eigenvalue weighted by molar-refractivity contribution is 6.30. The third-order valence-electron chi connectivity index (χ3n) is 3.14. The Morgan fingerprint density at radius 1 is 1.05 bits per heavy atom. The van der Waals surface area contributed by atoms with Gasteiger partial charge in [0.05, 0.1) is 6.54 Å². The van der Waals surface area contributed by atoms with Crippen molar-refractivity contribution in [3.8, 4) is 11.4 Å². The van der Waals surface area contributed by atoms with Crippen LogP contribution in [-0.2, 0) is 6.54 Å². The highest BCUT2D eigenvalue weighted by Crippen LogP contribution is 2.20. The van der Waals surface area contributed by atoms with E-state index in [1.54, 1.807) is 0 Å². The molecule has 3 aromatic rings. The van der Waals surface area contributed by atoms with Crippen LogP contribution in [0.2, 0.25) is 5.02 Å². The third kappa shape index (κ3) is 3.23. The van der Waals surface area contributed by atoms with Gasteiger partial charge in [-0.25, -0.2) is 0 Å². The molecular formula is C16H14ClN3O. The number of hydrogen-bond donors (Lipinski definition) is 0. The maximum atomic E-state index is 5.87. The molecule has 0 atom stereocenters. The lowest BCUT2D eigenvalue weighted by molar-refractivity contribution is 0.378. The first-order valence-electron chi connectivity index (χ1n) is 6.57. The molecule has 0 bridgehead atoms. The number of anilines is 1. The molecule has 0 aliphatic rings. The van der Waals surface area contributed by atoms with Gasteiger partial charge in [0, 0.05) is 23.3 Å². The van der Waals surface area contributed by atoms with Crippen molar-refractivity contribution in [1.82, 2.24) is 10.1 Å². The zero-order valence-electron chi connectivity index (χ0n) is 11.5. The Labute approximate surface area is 128 Å². The maximum Gasteiger partial charge on any atom is 0.246 e. The summed E-state index contributed by atoms with van der Waals surface area (Å²) >= 11 is 5.87. The molecule has 0 N–H and O–H groups in total. The Morgan fingerprint density at radius 3 is 2.48 bits per heavy atom. The van der Waals surface area contributed by atoms with Gasteiger partial charge in [-0.1, -0.05) is 35.0 Å². The molecule has 0 saturated heterocycles. The Balaban J connectivity index is 1.75. The smallest absolute Gasteiger partial charge is 0.246 e. The molecule has 21 heavy (non-hydrogen) atoms. The topological polar surface area (TPSA) is 42.2 Å². The largest absolute Gasteiger partial charge is 0.365 e. The number of para-hydroxylation sites is 1. The van der Waals surface area contributed by atoms with E-state index >= 15 is 0 Å². The van der Waals surface area contributed by atoms with E-state index in [9.17, 15) is 0 Å². The van der Waals surface area contributed by atoms with Crippen LogP contribution in [0.25, 0.3) is 11.4 Å². The Bertz CT molecular complexity index is 710. The van der Waals surface area contributed by atoms with Crippen molar-refractivity contribution in [3.63, 3.8) is 0 Å². The molecule has 0 spiro atoms. The van der Waals surface area contributed by atoms with E-state index in [1.165, 1.54) is 0 Å². The van der Waals surface area contributed by atoms with Gasteiger partial charge in [0.1, 0.15) is 0 Å². The molecule has 0 aliphatic carbocycles. The second kappa shape index (κ2) is 5.97. The predicted octanol–water partition coefficient (Wildman–Crippen LogP) is 4.03. The fourth-order valence-corrected chi connectivity index (χ4v) is 2.14. The SMILES string of the molecule is CN(Cc1nc(-c2ccc(Cl)cc2)no1)c1ccccc1. The van der Waals surface area contributed by atoms with Gasteiger partial charge in [-0.05, 0) is 36.4 Å². The molecule has 1 heterocycles. The number of aromatic nitrogens is 2. The van der Waals surface area contributed by atoms with Crippen molar-refractivity contribution >= 4 is 17.3 Å². The molecule has 1 aromatic heterocycles. The molecule has 0 radical (unpaired) electrons. The first-order valence-corrected chi connectivity index (χ1v) is 6.95. The first kappa shape index (κ1) is 13.6. The second-order valence-corrected chi connectivity index (χ2v) is 5.15. The number of rotatable bonds is 4. The minimum Gasteiger partial charge on any atom is -0.365 e. The molecule has 5 heteroatoms. The van der Waals surface area contributed by atoms with Crippen LogP contribution in [0.3, 0.4) is 0 Å². The van der Waals surface area contributed by atoms with E-state index in [1.807, 2.05) is 61.6 Å². The number of hydrogen-bond acceptors (Lipinski definition) is 4. The van der Waals surface area contributed by atoms with Gasteiger partial charge in [-0.15, -0.1) is 0 Å². The number of halogens is 1. The summed E-state index contributed by atoms with van der Waals surface area (Å²) in [4.78, 5) is 6.47. The van der Waals surface area contributed by atoms with Crippen LogP contribution in [-0.4, -0.2) is 17.2 Å². The third-order valence-corrected chi connectivity index (χ3v) is 3.39. The van der Waals surface area contributed by atoms with Crippen LogP contribution < -0.4 is 4.90 Å². The molecule has 0 saturated carbocycles. The summed E-state index contributed by atoms with van der Waals surface area (Å²) in [5.74, 6) is 1.15. The summed E-state index contributed by atoms with van der Waals surface area (Å²) < 4.78 is 5.31. The van der Waals surface area contributed by atoms with Crippen molar-refractivity contribution in [3.05, 3.63) is 65.5 Å². The van der Waals surface area contributed by atoms with Crippen LogP contribution in [0.1, 0.15) is 5.89 Å². The van der Waals surface area contributed by atoms with Gasteiger partial charge in [0.2, 0.25) is 11.7 Å². The van der Waals surface area contributed by atoms with E-state index in [0.29, 0.717) is 23.3 Å². The van der Waals surface area contributed by atoms with Crippen molar-refractivity contribution in [1.29, 1.82) is 0 Å². The molecule has 4 nitrogen and oxygen atoms in total. The summed E-state index contributed by atoms with van der Waals surface area (Å²) in [6.45, 7) is 0.560. The van der Waals surface area contributed by atoms with Crippen molar-refractivity contribution in [2.75, 3.05) is 11.9 Å². The predicted molar refractivity (Wildman–Crippen MR) is 83.3 cm³/mol. The summed E-state index contributed by atoms with van der Waals surface area (Å²) in [6, 6.07) is 17.4. The van der Waals surface area contributed by atoms with Crippen LogP contribution >= 0.6 is 11.6 Å². The van der Waals surface area contributed by atoms with Gasteiger partial charge in [0.15, 0.2) is 0 Å². The van der Waals surface area contributed by atoms with E-state index in [2.05, 4.69) is 15.0 Å². The second-order valence-electron chi connectivity index (χ2n) is 4.71. The van der Waals surface area contributed by atoms with E-state index in [4.69, 9.17) is 16.1 Å².